The van der Waals surface area contributed by atoms with E-state index in [2.05, 4.69) is 34.7 Å². The molecule has 1 aliphatic rings. The van der Waals surface area contributed by atoms with Gasteiger partial charge in [-0.3, -0.25) is 9.67 Å². The Morgan fingerprint density at radius 1 is 1.46 bits per heavy atom. The number of hydrogen-bond donors (Lipinski definition) is 1. The van der Waals surface area contributed by atoms with Gasteiger partial charge in [-0.25, -0.2) is 0 Å². The highest BCUT2D eigenvalue weighted by atomic mass is 127. The first-order valence-corrected chi connectivity index (χ1v) is 10.1. The van der Waals surface area contributed by atoms with Crippen LogP contribution in [0.25, 0.3) is 0 Å². The van der Waals surface area contributed by atoms with Gasteiger partial charge in [-0.05, 0) is 56.1 Å². The van der Waals surface area contributed by atoms with E-state index < -0.39 is 0 Å². The normalized spacial score (nSPS) is 17.9. The van der Waals surface area contributed by atoms with E-state index in [-0.39, 0.29) is 24.0 Å². The minimum absolute atomic E-state index is 0. The number of unbranched alkanes of at least 4 members (excludes halogenated alkanes) is 1. The topological polar surface area (TPSA) is 45.5 Å². The molecule has 0 aromatic carbocycles. The predicted octanol–water partition coefficient (Wildman–Crippen LogP) is 3.01. The number of thioether (sulfide) groups is 1. The quantitative estimate of drug-likeness (QED) is 0.278. The number of aromatic nitrogens is 2. The molecule has 0 amide bonds. The summed E-state index contributed by atoms with van der Waals surface area (Å²) in [4.78, 5) is 7.25. The number of aryl methyl sites for hydroxylation is 1. The molecule has 0 saturated carbocycles. The summed E-state index contributed by atoms with van der Waals surface area (Å²) in [5.41, 5.74) is 1.35. The lowest BCUT2D eigenvalue weighted by atomic mass is 10.0. The molecule has 1 N–H and O–H groups in total. The smallest absolute Gasteiger partial charge is 0.193 e. The Hall–Kier alpha value is -0.440. The van der Waals surface area contributed by atoms with Crippen molar-refractivity contribution in [2.24, 2.45) is 18.0 Å². The van der Waals surface area contributed by atoms with E-state index in [0.29, 0.717) is 5.92 Å². The molecule has 2 heterocycles. The SMILES string of the molecule is CCNC(=NCCCCSC)N1CCC(Cc2cnn(C)c2)C1.I. The molecule has 0 aliphatic carbocycles. The third-order valence-electron chi connectivity index (χ3n) is 4.22. The van der Waals surface area contributed by atoms with Gasteiger partial charge >= 0.3 is 0 Å². The monoisotopic (exact) mass is 465 g/mol. The third kappa shape index (κ3) is 7.21. The molecule has 138 valence electrons. The highest BCUT2D eigenvalue weighted by Gasteiger charge is 2.25. The summed E-state index contributed by atoms with van der Waals surface area (Å²) in [6.45, 7) is 6.24. The first-order chi connectivity index (χ1) is 11.2. The molecular formula is C17H32IN5S. The standard InChI is InChI=1S/C17H31N5S.HI/c1-4-18-17(19-8-5-6-10-23-3)22-9-7-15(14-22)11-16-12-20-21(2)13-16;/h12-13,15H,4-11,14H2,1-3H3,(H,18,19);1H. The zero-order chi connectivity index (χ0) is 16.5. The zero-order valence-corrected chi connectivity index (χ0v) is 18.3. The average molecular weight is 465 g/mol. The Morgan fingerprint density at radius 3 is 2.96 bits per heavy atom. The van der Waals surface area contributed by atoms with E-state index in [4.69, 9.17) is 4.99 Å². The number of hydrogen-bond acceptors (Lipinski definition) is 3. The van der Waals surface area contributed by atoms with Gasteiger partial charge in [0.15, 0.2) is 5.96 Å². The molecule has 5 nitrogen and oxygen atoms in total. The van der Waals surface area contributed by atoms with Crippen LogP contribution in [0.2, 0.25) is 0 Å². The average Bonchev–Trinajstić information content (AvgIpc) is 3.16. The molecular weight excluding hydrogens is 433 g/mol. The lowest BCUT2D eigenvalue weighted by Gasteiger charge is -2.21. The largest absolute Gasteiger partial charge is 0.357 e. The second kappa shape index (κ2) is 12.0. The summed E-state index contributed by atoms with van der Waals surface area (Å²) in [6.07, 6.45) is 11.1. The van der Waals surface area contributed by atoms with Gasteiger partial charge in [0, 0.05) is 39.4 Å². The van der Waals surface area contributed by atoms with Crippen LogP contribution >= 0.6 is 35.7 Å². The van der Waals surface area contributed by atoms with E-state index in [0.717, 1.165) is 38.6 Å². The van der Waals surface area contributed by atoms with Crippen molar-refractivity contribution in [2.45, 2.75) is 32.6 Å². The number of likely N-dealkylation sites (tertiary alicyclic amines) is 1. The molecule has 24 heavy (non-hydrogen) atoms. The van der Waals surface area contributed by atoms with Crippen LogP contribution in [0.3, 0.4) is 0 Å². The van der Waals surface area contributed by atoms with Crippen molar-refractivity contribution in [3.63, 3.8) is 0 Å². The maximum absolute atomic E-state index is 4.82. The molecule has 2 rings (SSSR count). The number of guanidine groups is 1. The number of nitrogens with one attached hydrogen (secondary N) is 1. The van der Waals surface area contributed by atoms with Crippen LogP contribution in [0.15, 0.2) is 17.4 Å². The van der Waals surface area contributed by atoms with Crippen molar-refractivity contribution < 1.29 is 0 Å². The van der Waals surface area contributed by atoms with Crippen molar-refractivity contribution >= 4 is 41.7 Å². The second-order valence-electron chi connectivity index (χ2n) is 6.26. The third-order valence-corrected chi connectivity index (χ3v) is 4.92. The Balaban J connectivity index is 0.00000288. The van der Waals surface area contributed by atoms with Crippen LogP contribution in [0, 0.1) is 5.92 Å². The zero-order valence-electron chi connectivity index (χ0n) is 15.2. The molecule has 1 aliphatic heterocycles. The van der Waals surface area contributed by atoms with E-state index in [1.54, 1.807) is 0 Å². The molecule has 0 bridgehead atoms. The summed E-state index contributed by atoms with van der Waals surface area (Å²) < 4.78 is 1.89. The van der Waals surface area contributed by atoms with Gasteiger partial charge in [0.2, 0.25) is 0 Å². The van der Waals surface area contributed by atoms with Gasteiger partial charge in [0.1, 0.15) is 0 Å². The number of halogens is 1. The summed E-state index contributed by atoms with van der Waals surface area (Å²) in [5.74, 6) is 3.05. The molecule has 1 aromatic heterocycles. The van der Waals surface area contributed by atoms with Crippen LogP contribution < -0.4 is 5.32 Å². The van der Waals surface area contributed by atoms with Crippen molar-refractivity contribution in [1.29, 1.82) is 0 Å². The van der Waals surface area contributed by atoms with Crippen LogP contribution in [0.4, 0.5) is 0 Å². The molecule has 1 fully saturated rings. The van der Waals surface area contributed by atoms with Gasteiger partial charge in [-0.2, -0.15) is 16.9 Å². The Labute approximate surface area is 168 Å². The van der Waals surface area contributed by atoms with Crippen molar-refractivity contribution in [1.82, 2.24) is 20.0 Å². The summed E-state index contributed by atoms with van der Waals surface area (Å²) in [7, 11) is 1.98. The van der Waals surface area contributed by atoms with Crippen LogP contribution in [-0.4, -0.2) is 58.8 Å². The highest BCUT2D eigenvalue weighted by molar-refractivity contribution is 14.0. The predicted molar refractivity (Wildman–Crippen MR) is 116 cm³/mol. The molecule has 0 radical (unpaired) electrons. The highest BCUT2D eigenvalue weighted by Crippen LogP contribution is 2.20. The molecule has 1 saturated heterocycles. The van der Waals surface area contributed by atoms with Crippen molar-refractivity contribution in [2.75, 3.05) is 38.2 Å². The Kier molecular flexibility index (Phi) is 10.8. The first-order valence-electron chi connectivity index (χ1n) is 8.72. The van der Waals surface area contributed by atoms with Crippen LogP contribution in [-0.2, 0) is 13.5 Å². The van der Waals surface area contributed by atoms with Crippen LogP contribution in [0.1, 0.15) is 31.7 Å². The Morgan fingerprint density at radius 2 is 2.29 bits per heavy atom. The van der Waals surface area contributed by atoms with Crippen molar-refractivity contribution in [3.05, 3.63) is 18.0 Å². The molecule has 1 atom stereocenters. The Bertz CT molecular complexity index is 491. The number of rotatable bonds is 8. The van der Waals surface area contributed by atoms with Gasteiger partial charge in [0.25, 0.3) is 0 Å². The van der Waals surface area contributed by atoms with Gasteiger partial charge in [-0.15, -0.1) is 24.0 Å². The maximum Gasteiger partial charge on any atom is 0.193 e. The van der Waals surface area contributed by atoms with E-state index in [9.17, 15) is 0 Å². The lowest BCUT2D eigenvalue weighted by Crippen LogP contribution is -2.40. The number of nitrogens with zero attached hydrogens (tertiary/aromatic N) is 4. The first kappa shape index (κ1) is 21.6. The van der Waals surface area contributed by atoms with E-state index in [1.165, 1.54) is 30.6 Å². The molecule has 7 heteroatoms. The van der Waals surface area contributed by atoms with Gasteiger partial charge in [-0.1, -0.05) is 0 Å². The number of aliphatic imine (C=N–C) groups is 1. The van der Waals surface area contributed by atoms with E-state index in [1.807, 2.05) is 29.7 Å². The van der Waals surface area contributed by atoms with Crippen molar-refractivity contribution in [3.8, 4) is 0 Å². The summed E-state index contributed by atoms with van der Waals surface area (Å²) in [6, 6.07) is 0. The fourth-order valence-corrected chi connectivity index (χ4v) is 3.56. The summed E-state index contributed by atoms with van der Waals surface area (Å²) in [5, 5.41) is 7.73. The fraction of sp³-hybridized carbons (Fsp3) is 0.765. The molecule has 1 unspecified atom stereocenters. The lowest BCUT2D eigenvalue weighted by molar-refractivity contribution is 0.459. The minimum atomic E-state index is 0. The van der Waals surface area contributed by atoms with E-state index >= 15 is 0 Å². The second-order valence-corrected chi connectivity index (χ2v) is 7.25. The molecule has 0 spiro atoms. The van der Waals surface area contributed by atoms with Gasteiger partial charge < -0.3 is 10.2 Å². The van der Waals surface area contributed by atoms with Gasteiger partial charge in [0.05, 0.1) is 6.20 Å². The summed E-state index contributed by atoms with van der Waals surface area (Å²) >= 11 is 1.92. The minimum Gasteiger partial charge on any atom is -0.357 e. The molecule has 1 aromatic rings. The fourth-order valence-electron chi connectivity index (χ4n) is 3.07. The van der Waals surface area contributed by atoms with Crippen LogP contribution in [0.5, 0.6) is 0 Å². The maximum atomic E-state index is 4.82.